The van der Waals surface area contributed by atoms with E-state index in [2.05, 4.69) is 20.9 Å². The fourth-order valence-corrected chi connectivity index (χ4v) is 3.67. The van der Waals surface area contributed by atoms with E-state index in [1.54, 1.807) is 31.4 Å². The predicted octanol–water partition coefficient (Wildman–Crippen LogP) is 1.91. The maximum atomic E-state index is 12.9. The number of carbonyl (C=O) groups is 4. The van der Waals surface area contributed by atoms with Gasteiger partial charge in [-0.2, -0.15) is 0 Å². The zero-order chi connectivity index (χ0) is 23.9. The molecule has 0 saturated heterocycles. The van der Waals surface area contributed by atoms with Crippen molar-refractivity contribution in [2.45, 2.75) is 64.8 Å². The number of halogens is 1. The van der Waals surface area contributed by atoms with Crippen LogP contribution in [0.15, 0.2) is 17.5 Å². The molecule has 32 heavy (non-hydrogen) atoms. The number of allylic oxidation sites excluding steroid dienone is 1. The van der Waals surface area contributed by atoms with Gasteiger partial charge >= 0.3 is 5.97 Å². The molecule has 0 aromatic carbocycles. The second kappa shape index (κ2) is 11.4. The number of nitrogens with zero attached hydrogens (tertiary/aromatic N) is 1. The molecule has 9 nitrogen and oxygen atoms in total. The number of amides is 3. The summed E-state index contributed by atoms with van der Waals surface area (Å²) in [4.78, 5) is 55.0. The van der Waals surface area contributed by atoms with Gasteiger partial charge in [0.1, 0.15) is 28.4 Å². The zero-order valence-electron chi connectivity index (χ0n) is 18.6. The number of hydrogen-bond donors (Lipinski definition) is 3. The Morgan fingerprint density at radius 2 is 2.03 bits per heavy atom. The van der Waals surface area contributed by atoms with Crippen LogP contribution in [0.2, 0.25) is 0 Å². The van der Waals surface area contributed by atoms with Gasteiger partial charge in [-0.25, -0.2) is 9.78 Å². The van der Waals surface area contributed by atoms with Gasteiger partial charge in [0.15, 0.2) is 0 Å². The number of cyclic esters (lactones) is 1. The molecule has 0 saturated carbocycles. The van der Waals surface area contributed by atoms with E-state index in [-0.39, 0.29) is 30.5 Å². The second-order valence-electron chi connectivity index (χ2n) is 8.26. The summed E-state index contributed by atoms with van der Waals surface area (Å²) in [6, 6.07) is -0.968. The van der Waals surface area contributed by atoms with Crippen molar-refractivity contribution in [3.8, 4) is 0 Å². The first-order valence-electron chi connectivity index (χ1n) is 10.3. The molecule has 2 atom stereocenters. The molecule has 1 aromatic heterocycles. The van der Waals surface area contributed by atoms with Crippen molar-refractivity contribution in [2.75, 3.05) is 5.88 Å². The first-order valence-corrected chi connectivity index (χ1v) is 11.7. The number of fused-ring (bicyclic) bond motifs is 2. The highest BCUT2D eigenvalue weighted by Gasteiger charge is 2.36. The lowest BCUT2D eigenvalue weighted by molar-refractivity contribution is -0.153. The van der Waals surface area contributed by atoms with Crippen molar-refractivity contribution in [3.05, 3.63) is 28.2 Å². The van der Waals surface area contributed by atoms with Gasteiger partial charge in [-0.05, 0) is 32.3 Å². The SMILES string of the molecule is CC(C)[C@@H]1NC(=O)C(C)(C)NC(=O)c2csc(n2)CNC(=O)C[C@@H](C=CCCCl)OC1=O. The summed E-state index contributed by atoms with van der Waals surface area (Å²) in [5.41, 5.74) is -1.16. The van der Waals surface area contributed by atoms with E-state index in [1.165, 1.54) is 25.2 Å². The van der Waals surface area contributed by atoms with Crippen LogP contribution in [0.3, 0.4) is 0 Å². The average Bonchev–Trinajstić information content (AvgIpc) is 3.18. The number of thiazole rings is 1. The molecule has 1 aromatic rings. The lowest BCUT2D eigenvalue weighted by atomic mass is 9.99. The van der Waals surface area contributed by atoms with Crippen LogP contribution in [0.1, 0.15) is 56.0 Å². The Hall–Kier alpha value is -2.46. The third kappa shape index (κ3) is 7.30. The van der Waals surface area contributed by atoms with Crippen molar-refractivity contribution in [3.63, 3.8) is 0 Å². The molecule has 2 heterocycles. The van der Waals surface area contributed by atoms with Crippen LogP contribution < -0.4 is 16.0 Å². The highest BCUT2D eigenvalue weighted by atomic mass is 35.5. The largest absolute Gasteiger partial charge is 0.456 e. The molecular formula is C21H29ClN4O5S. The van der Waals surface area contributed by atoms with Crippen LogP contribution in [0, 0.1) is 5.92 Å². The standard InChI is InChI=1S/C21H29ClN4O5S/c1-12(2)17-19(29)31-13(7-5-6-8-22)9-15(27)23-10-16-24-14(11-32-16)18(28)26-21(3,4)20(30)25-17/h5,7,11-13,17H,6,8-10H2,1-4H3,(H,23,27)(H,25,30)(H,26,28)/t13-,17+/m1/s1. The summed E-state index contributed by atoms with van der Waals surface area (Å²) in [5, 5.41) is 10.1. The van der Waals surface area contributed by atoms with E-state index in [4.69, 9.17) is 16.3 Å². The molecule has 0 spiro atoms. The number of rotatable bonds is 4. The van der Waals surface area contributed by atoms with Crippen LogP contribution in [0.4, 0.5) is 0 Å². The first-order chi connectivity index (χ1) is 15.0. The summed E-state index contributed by atoms with van der Waals surface area (Å²) in [6.07, 6.45) is 2.99. The maximum absolute atomic E-state index is 12.9. The smallest absolute Gasteiger partial charge is 0.329 e. The van der Waals surface area contributed by atoms with E-state index >= 15 is 0 Å². The molecule has 2 rings (SSSR count). The Balaban J connectivity index is 2.36. The van der Waals surface area contributed by atoms with Gasteiger partial charge in [-0.3, -0.25) is 14.4 Å². The summed E-state index contributed by atoms with van der Waals surface area (Å²) in [6.45, 7) is 6.73. The van der Waals surface area contributed by atoms with Crippen LogP contribution in [-0.4, -0.2) is 52.2 Å². The van der Waals surface area contributed by atoms with E-state index in [1.807, 2.05) is 0 Å². The van der Waals surface area contributed by atoms with Gasteiger partial charge in [0.05, 0.1) is 13.0 Å². The van der Waals surface area contributed by atoms with E-state index in [0.717, 1.165) is 0 Å². The van der Waals surface area contributed by atoms with Crippen molar-refractivity contribution >= 4 is 46.6 Å². The number of hydrogen-bond acceptors (Lipinski definition) is 7. The lowest BCUT2D eigenvalue weighted by Gasteiger charge is -2.29. The number of alkyl halides is 1. The van der Waals surface area contributed by atoms with Gasteiger partial charge in [0.2, 0.25) is 11.8 Å². The highest BCUT2D eigenvalue weighted by molar-refractivity contribution is 7.09. The minimum atomic E-state index is -1.31. The maximum Gasteiger partial charge on any atom is 0.329 e. The van der Waals surface area contributed by atoms with Crippen molar-refractivity contribution in [1.29, 1.82) is 0 Å². The Morgan fingerprint density at radius 1 is 1.31 bits per heavy atom. The predicted molar refractivity (Wildman–Crippen MR) is 121 cm³/mol. The molecule has 1 aliphatic rings. The highest BCUT2D eigenvalue weighted by Crippen LogP contribution is 2.15. The minimum absolute atomic E-state index is 0.104. The van der Waals surface area contributed by atoms with Crippen LogP contribution in [0.5, 0.6) is 0 Å². The number of carbonyl (C=O) groups excluding carboxylic acids is 4. The van der Waals surface area contributed by atoms with Gasteiger partial charge in [-0.1, -0.05) is 19.9 Å². The van der Waals surface area contributed by atoms with E-state index in [0.29, 0.717) is 17.3 Å². The fourth-order valence-electron chi connectivity index (χ4n) is 2.83. The second-order valence-corrected chi connectivity index (χ2v) is 9.58. The summed E-state index contributed by atoms with van der Waals surface area (Å²) in [7, 11) is 0. The summed E-state index contributed by atoms with van der Waals surface area (Å²) < 4.78 is 5.56. The first kappa shape index (κ1) is 25.8. The molecule has 3 N–H and O–H groups in total. The topological polar surface area (TPSA) is 126 Å². The number of nitrogens with one attached hydrogen (secondary N) is 3. The molecule has 1 aliphatic heterocycles. The molecule has 0 aliphatic carbocycles. The molecule has 2 bridgehead atoms. The molecule has 0 unspecified atom stereocenters. The third-order valence-corrected chi connectivity index (χ3v) is 5.77. The van der Waals surface area contributed by atoms with Gasteiger partial charge in [0, 0.05) is 11.3 Å². The number of ether oxygens (including phenoxy) is 1. The summed E-state index contributed by atoms with van der Waals surface area (Å²) >= 11 is 6.92. The van der Waals surface area contributed by atoms with Crippen molar-refractivity contribution < 1.29 is 23.9 Å². The summed E-state index contributed by atoms with van der Waals surface area (Å²) in [5.74, 6) is -1.99. The average molecular weight is 485 g/mol. The van der Waals surface area contributed by atoms with Crippen LogP contribution in [-0.2, 0) is 25.7 Å². The normalized spacial score (nSPS) is 22.9. The minimum Gasteiger partial charge on any atom is -0.456 e. The van der Waals surface area contributed by atoms with Gasteiger partial charge in [-0.15, -0.1) is 22.9 Å². The molecular weight excluding hydrogens is 456 g/mol. The van der Waals surface area contributed by atoms with Crippen LogP contribution >= 0.6 is 22.9 Å². The molecule has 3 amide bonds. The Bertz CT molecular complexity index is 883. The molecule has 0 fully saturated rings. The number of aromatic nitrogens is 1. The lowest BCUT2D eigenvalue weighted by Crippen LogP contribution is -2.59. The molecule has 11 heteroatoms. The van der Waals surface area contributed by atoms with E-state index < -0.39 is 35.5 Å². The molecule has 0 radical (unpaired) electrons. The van der Waals surface area contributed by atoms with Crippen molar-refractivity contribution in [1.82, 2.24) is 20.9 Å². The van der Waals surface area contributed by atoms with Gasteiger partial charge in [0.25, 0.3) is 5.91 Å². The van der Waals surface area contributed by atoms with Crippen molar-refractivity contribution in [2.24, 2.45) is 5.92 Å². The quantitative estimate of drug-likeness (QED) is 0.340. The van der Waals surface area contributed by atoms with E-state index in [9.17, 15) is 19.2 Å². The Morgan fingerprint density at radius 3 is 2.69 bits per heavy atom. The van der Waals surface area contributed by atoms with Gasteiger partial charge < -0.3 is 20.7 Å². The molecule has 176 valence electrons. The monoisotopic (exact) mass is 484 g/mol. The number of esters is 1. The third-order valence-electron chi connectivity index (χ3n) is 4.70. The Labute approximate surface area is 196 Å². The zero-order valence-corrected chi connectivity index (χ0v) is 20.1. The van der Waals surface area contributed by atoms with Crippen LogP contribution in [0.25, 0.3) is 0 Å². The fraction of sp³-hybridized carbons (Fsp3) is 0.571. The Kier molecular flexibility index (Phi) is 9.21.